The monoisotopic (exact) mass is 211 g/mol. The van der Waals surface area contributed by atoms with Gasteiger partial charge in [-0.3, -0.25) is 4.72 Å². The first kappa shape index (κ1) is 9.65. The third kappa shape index (κ3) is 2.31. The van der Waals surface area contributed by atoms with Crippen molar-refractivity contribution in [1.82, 2.24) is 4.72 Å². The van der Waals surface area contributed by atoms with Crippen molar-refractivity contribution in [1.29, 1.82) is 0 Å². The highest BCUT2D eigenvalue weighted by Gasteiger charge is 2.41. The van der Waals surface area contributed by atoms with Gasteiger partial charge in [-0.15, -0.1) is 0 Å². The molecule has 2 saturated carbocycles. The molecular formula is C8H12F3NS. The van der Waals surface area contributed by atoms with Crippen LogP contribution in [0.5, 0.6) is 0 Å². The van der Waals surface area contributed by atoms with E-state index in [0.29, 0.717) is 11.8 Å². The Morgan fingerprint density at radius 1 is 1.15 bits per heavy atom. The van der Waals surface area contributed by atoms with Gasteiger partial charge in [0.05, 0.1) is 0 Å². The van der Waals surface area contributed by atoms with Crippen LogP contribution in [0.4, 0.5) is 13.2 Å². The fraction of sp³-hybridized carbons (Fsp3) is 1.00. The lowest BCUT2D eigenvalue weighted by Crippen LogP contribution is -2.31. The van der Waals surface area contributed by atoms with Crippen LogP contribution in [0.15, 0.2) is 0 Å². The number of fused-ring (bicyclic) bond motifs is 2. The lowest BCUT2D eigenvalue weighted by Gasteiger charge is -2.22. The normalized spacial score (nSPS) is 38.5. The molecule has 0 radical (unpaired) electrons. The summed E-state index contributed by atoms with van der Waals surface area (Å²) in [6.07, 6.45) is 4.41. The summed E-state index contributed by atoms with van der Waals surface area (Å²) in [5, 5.41) is 0. The van der Waals surface area contributed by atoms with Gasteiger partial charge in [0.2, 0.25) is 0 Å². The van der Waals surface area contributed by atoms with E-state index in [1.807, 2.05) is 0 Å². The van der Waals surface area contributed by atoms with Gasteiger partial charge in [0, 0.05) is 18.0 Å². The molecule has 0 saturated heterocycles. The summed E-state index contributed by atoms with van der Waals surface area (Å²) < 4.78 is 38.1. The topological polar surface area (TPSA) is 12.0 Å². The van der Waals surface area contributed by atoms with E-state index in [1.54, 1.807) is 0 Å². The van der Waals surface area contributed by atoms with Gasteiger partial charge < -0.3 is 0 Å². The first-order valence-corrected chi connectivity index (χ1v) is 5.36. The van der Waals surface area contributed by atoms with Gasteiger partial charge in [0.15, 0.2) is 0 Å². The maximum absolute atomic E-state index is 11.9. The van der Waals surface area contributed by atoms with Crippen LogP contribution in [-0.2, 0) is 0 Å². The van der Waals surface area contributed by atoms with Gasteiger partial charge in [-0.05, 0) is 31.1 Å². The molecule has 1 nitrogen and oxygen atoms in total. The van der Waals surface area contributed by atoms with Gasteiger partial charge in [-0.1, -0.05) is 6.42 Å². The predicted octanol–water partition coefficient (Wildman–Crippen LogP) is 2.93. The van der Waals surface area contributed by atoms with Gasteiger partial charge in [0.1, 0.15) is 0 Å². The second-order valence-corrected chi connectivity index (χ2v) is 4.85. The van der Waals surface area contributed by atoms with E-state index in [4.69, 9.17) is 0 Å². The Morgan fingerprint density at radius 2 is 1.92 bits per heavy atom. The molecule has 0 aromatic rings. The van der Waals surface area contributed by atoms with Crippen molar-refractivity contribution in [3.8, 4) is 0 Å². The SMILES string of the molecule is FC(F)(F)SNC1CC2CCC1C2. The van der Waals surface area contributed by atoms with Crippen molar-refractivity contribution < 1.29 is 13.2 Å². The van der Waals surface area contributed by atoms with Crippen LogP contribution >= 0.6 is 11.9 Å². The molecule has 2 aliphatic rings. The third-order valence-electron chi connectivity index (χ3n) is 3.06. The first-order chi connectivity index (χ1) is 6.04. The summed E-state index contributed by atoms with van der Waals surface area (Å²) in [5.74, 6) is 1.19. The highest BCUT2D eigenvalue weighted by Crippen LogP contribution is 2.45. The zero-order valence-corrected chi connectivity index (χ0v) is 7.92. The van der Waals surface area contributed by atoms with E-state index in [9.17, 15) is 13.2 Å². The van der Waals surface area contributed by atoms with Crippen molar-refractivity contribution >= 4 is 11.9 Å². The van der Waals surface area contributed by atoms with Crippen molar-refractivity contribution in [3.05, 3.63) is 0 Å². The quantitative estimate of drug-likeness (QED) is 0.705. The third-order valence-corrected chi connectivity index (χ3v) is 3.72. The van der Waals surface area contributed by atoms with Crippen LogP contribution in [0.1, 0.15) is 25.7 Å². The molecule has 13 heavy (non-hydrogen) atoms. The average Bonchev–Trinajstić information content (AvgIpc) is 2.58. The fourth-order valence-electron chi connectivity index (χ4n) is 2.53. The lowest BCUT2D eigenvalue weighted by molar-refractivity contribution is -0.0339. The Kier molecular flexibility index (Phi) is 2.49. The number of rotatable bonds is 2. The molecule has 0 aliphatic heterocycles. The number of hydrogen-bond acceptors (Lipinski definition) is 2. The maximum atomic E-state index is 11.9. The summed E-state index contributed by atoms with van der Waals surface area (Å²) in [6, 6.07) is 0.102. The van der Waals surface area contributed by atoms with Crippen LogP contribution in [-0.4, -0.2) is 11.6 Å². The van der Waals surface area contributed by atoms with E-state index < -0.39 is 5.51 Å². The second-order valence-electron chi connectivity index (χ2n) is 3.95. The Balaban J connectivity index is 1.78. The molecule has 3 unspecified atom stereocenters. The molecule has 0 amide bonds. The van der Waals surface area contributed by atoms with E-state index in [2.05, 4.69) is 4.72 Å². The molecule has 5 heteroatoms. The zero-order valence-electron chi connectivity index (χ0n) is 7.10. The largest absolute Gasteiger partial charge is 0.456 e. The summed E-state index contributed by atoms with van der Waals surface area (Å²) >= 11 is -0.0795. The number of halogens is 3. The van der Waals surface area contributed by atoms with Gasteiger partial charge in [0.25, 0.3) is 0 Å². The first-order valence-electron chi connectivity index (χ1n) is 4.55. The summed E-state index contributed by atoms with van der Waals surface area (Å²) in [6.45, 7) is 0. The predicted molar refractivity (Wildman–Crippen MR) is 46.0 cm³/mol. The average molecular weight is 211 g/mol. The number of hydrogen-bond donors (Lipinski definition) is 1. The van der Waals surface area contributed by atoms with Gasteiger partial charge in [-0.25, -0.2) is 0 Å². The van der Waals surface area contributed by atoms with Crippen molar-refractivity contribution in [3.63, 3.8) is 0 Å². The molecular weight excluding hydrogens is 199 g/mol. The molecule has 0 aromatic carbocycles. The maximum Gasteiger partial charge on any atom is 0.456 e. The van der Waals surface area contributed by atoms with E-state index in [0.717, 1.165) is 19.3 Å². The smallest absolute Gasteiger partial charge is 0.253 e. The van der Waals surface area contributed by atoms with Crippen molar-refractivity contribution in [2.75, 3.05) is 0 Å². The molecule has 0 spiro atoms. The second kappa shape index (κ2) is 3.35. The van der Waals surface area contributed by atoms with E-state index in [1.165, 1.54) is 6.42 Å². The van der Waals surface area contributed by atoms with Crippen LogP contribution in [0, 0.1) is 11.8 Å². The van der Waals surface area contributed by atoms with Crippen LogP contribution < -0.4 is 4.72 Å². The molecule has 2 bridgehead atoms. The van der Waals surface area contributed by atoms with Crippen LogP contribution in [0.2, 0.25) is 0 Å². The molecule has 3 atom stereocenters. The molecule has 2 fully saturated rings. The number of nitrogens with one attached hydrogen (secondary N) is 1. The Morgan fingerprint density at radius 3 is 2.38 bits per heavy atom. The minimum absolute atomic E-state index is 0.0795. The van der Waals surface area contributed by atoms with E-state index >= 15 is 0 Å². The zero-order chi connectivity index (χ0) is 9.47. The summed E-state index contributed by atoms with van der Waals surface area (Å²) in [5.41, 5.74) is -4.14. The van der Waals surface area contributed by atoms with Gasteiger partial charge >= 0.3 is 5.51 Å². The van der Waals surface area contributed by atoms with Crippen molar-refractivity contribution in [2.24, 2.45) is 11.8 Å². The molecule has 2 aliphatic carbocycles. The summed E-state index contributed by atoms with van der Waals surface area (Å²) in [7, 11) is 0. The van der Waals surface area contributed by atoms with Crippen LogP contribution in [0.25, 0.3) is 0 Å². The molecule has 2 rings (SSSR count). The van der Waals surface area contributed by atoms with Crippen molar-refractivity contribution in [2.45, 2.75) is 37.2 Å². The minimum Gasteiger partial charge on any atom is -0.253 e. The lowest BCUT2D eigenvalue weighted by atomic mass is 9.96. The number of alkyl halides is 3. The standard InChI is InChI=1S/C8H12F3NS/c9-8(10,11)13-12-7-4-5-1-2-6(7)3-5/h5-7,12H,1-4H2. The van der Waals surface area contributed by atoms with Crippen LogP contribution in [0.3, 0.4) is 0 Å². The Bertz CT molecular complexity index is 194. The fourth-order valence-corrected chi connectivity index (χ4v) is 3.11. The highest BCUT2D eigenvalue weighted by atomic mass is 32.2. The van der Waals surface area contributed by atoms with E-state index in [-0.39, 0.29) is 18.0 Å². The molecule has 1 N–H and O–H groups in total. The Hall–Kier alpha value is 0.1000. The van der Waals surface area contributed by atoms with Gasteiger partial charge in [-0.2, -0.15) is 13.2 Å². The minimum atomic E-state index is -4.14. The molecule has 0 heterocycles. The highest BCUT2D eigenvalue weighted by molar-refractivity contribution is 7.98. The molecule has 76 valence electrons. The summed E-state index contributed by atoms with van der Waals surface area (Å²) in [4.78, 5) is 0. The Labute approximate surface area is 79.6 Å². The molecule has 0 aromatic heterocycles.